The summed E-state index contributed by atoms with van der Waals surface area (Å²) in [5.41, 5.74) is -3.03. The van der Waals surface area contributed by atoms with Crippen LogP contribution in [0.3, 0.4) is 0 Å². The number of aromatic nitrogens is 2. The maximum atomic E-state index is 13.5. The van der Waals surface area contributed by atoms with Crippen molar-refractivity contribution in [2.24, 2.45) is 0 Å². The SMILES string of the molecule is Cc1ccncc1-c1cc(Cl)ncc1N(C)C(=O)C(C)(C)c1cc(C(F)(F)F)cc(C(F)(F)F)c1. The Morgan fingerprint density at radius 1 is 0.886 bits per heavy atom. The molecule has 1 aromatic carbocycles. The van der Waals surface area contributed by atoms with Gasteiger partial charge >= 0.3 is 12.4 Å². The van der Waals surface area contributed by atoms with E-state index in [0.29, 0.717) is 23.3 Å². The molecule has 0 saturated carbocycles. The van der Waals surface area contributed by atoms with E-state index in [-0.39, 0.29) is 16.9 Å². The Labute approximate surface area is 202 Å². The number of halogens is 7. The first-order valence-corrected chi connectivity index (χ1v) is 10.6. The molecule has 3 rings (SSSR count). The Morgan fingerprint density at radius 2 is 1.43 bits per heavy atom. The smallest absolute Gasteiger partial charge is 0.313 e. The Bertz CT molecular complexity index is 1240. The number of hydrogen-bond donors (Lipinski definition) is 0. The summed E-state index contributed by atoms with van der Waals surface area (Å²) in [5, 5.41) is 0.125. The third-order valence-corrected chi connectivity index (χ3v) is 5.90. The summed E-state index contributed by atoms with van der Waals surface area (Å²) in [6.45, 7) is 4.34. The minimum Gasteiger partial charge on any atom is -0.313 e. The first-order chi connectivity index (χ1) is 16.0. The molecule has 0 radical (unpaired) electrons. The zero-order valence-electron chi connectivity index (χ0n) is 19.0. The van der Waals surface area contributed by atoms with Crippen molar-refractivity contribution in [2.45, 2.75) is 38.5 Å². The Kier molecular flexibility index (Phi) is 6.91. The highest BCUT2D eigenvalue weighted by molar-refractivity contribution is 6.29. The number of hydrogen-bond acceptors (Lipinski definition) is 3. The van der Waals surface area contributed by atoms with Crippen LogP contribution in [-0.4, -0.2) is 22.9 Å². The lowest BCUT2D eigenvalue weighted by molar-refractivity contribution is -0.143. The van der Waals surface area contributed by atoms with Crippen molar-refractivity contribution < 1.29 is 31.1 Å². The highest BCUT2D eigenvalue weighted by Crippen LogP contribution is 2.40. The molecule has 0 aliphatic heterocycles. The van der Waals surface area contributed by atoms with Crippen LogP contribution >= 0.6 is 11.6 Å². The first-order valence-electron chi connectivity index (χ1n) is 10.2. The van der Waals surface area contributed by atoms with E-state index in [1.807, 2.05) is 6.92 Å². The molecule has 0 spiro atoms. The van der Waals surface area contributed by atoms with Gasteiger partial charge in [0.05, 0.1) is 28.4 Å². The van der Waals surface area contributed by atoms with Crippen LogP contribution in [0.5, 0.6) is 0 Å². The number of carbonyl (C=O) groups excluding carboxylic acids is 1. The van der Waals surface area contributed by atoms with Crippen molar-refractivity contribution in [1.82, 2.24) is 9.97 Å². The molecule has 3 aromatic rings. The average Bonchev–Trinajstić information content (AvgIpc) is 2.77. The molecular weight excluding hydrogens is 496 g/mol. The van der Waals surface area contributed by atoms with Crippen molar-refractivity contribution in [2.75, 3.05) is 11.9 Å². The van der Waals surface area contributed by atoms with Crippen LogP contribution in [0, 0.1) is 6.92 Å². The minimum atomic E-state index is -5.04. The normalized spacial score (nSPS) is 12.5. The molecule has 4 nitrogen and oxygen atoms in total. The molecule has 186 valence electrons. The van der Waals surface area contributed by atoms with E-state index in [0.717, 1.165) is 10.5 Å². The maximum absolute atomic E-state index is 13.5. The summed E-state index contributed by atoms with van der Waals surface area (Å²) >= 11 is 6.06. The second-order valence-electron chi connectivity index (χ2n) is 8.50. The zero-order chi connectivity index (χ0) is 26.3. The quantitative estimate of drug-likeness (QED) is 0.275. The summed E-state index contributed by atoms with van der Waals surface area (Å²) in [5.74, 6) is -0.753. The molecule has 0 atom stereocenters. The van der Waals surface area contributed by atoms with Gasteiger partial charge in [0.25, 0.3) is 0 Å². The molecular formula is C24H20ClF6N3O. The number of nitrogens with zero attached hydrogens (tertiary/aromatic N) is 3. The molecule has 2 heterocycles. The molecule has 0 aliphatic rings. The fourth-order valence-electron chi connectivity index (χ4n) is 3.62. The topological polar surface area (TPSA) is 46.1 Å². The van der Waals surface area contributed by atoms with Gasteiger partial charge in [-0.15, -0.1) is 0 Å². The van der Waals surface area contributed by atoms with E-state index < -0.39 is 40.4 Å². The lowest BCUT2D eigenvalue weighted by Crippen LogP contribution is -2.42. The first kappa shape index (κ1) is 26.5. The maximum Gasteiger partial charge on any atom is 0.416 e. The van der Waals surface area contributed by atoms with E-state index >= 15 is 0 Å². The molecule has 0 aliphatic carbocycles. The number of anilines is 1. The molecule has 35 heavy (non-hydrogen) atoms. The van der Waals surface area contributed by atoms with Crippen LogP contribution < -0.4 is 4.90 Å². The van der Waals surface area contributed by atoms with Crippen molar-refractivity contribution in [3.63, 3.8) is 0 Å². The largest absolute Gasteiger partial charge is 0.416 e. The fourth-order valence-corrected chi connectivity index (χ4v) is 3.78. The second kappa shape index (κ2) is 9.14. The van der Waals surface area contributed by atoms with Crippen LogP contribution in [-0.2, 0) is 22.6 Å². The number of likely N-dealkylation sites (N-methyl/N-ethyl adjacent to an activating group) is 1. The number of rotatable bonds is 4. The van der Waals surface area contributed by atoms with Gasteiger partial charge in [-0.2, -0.15) is 26.3 Å². The van der Waals surface area contributed by atoms with Gasteiger partial charge in [0, 0.05) is 30.6 Å². The van der Waals surface area contributed by atoms with Crippen molar-refractivity contribution in [1.29, 1.82) is 0 Å². The van der Waals surface area contributed by atoms with Gasteiger partial charge in [-0.05, 0) is 62.2 Å². The Hall–Kier alpha value is -3.14. The zero-order valence-corrected chi connectivity index (χ0v) is 19.8. The van der Waals surface area contributed by atoms with Crippen LogP contribution in [0.15, 0.2) is 48.9 Å². The molecule has 0 N–H and O–H groups in total. The Morgan fingerprint density at radius 3 is 1.94 bits per heavy atom. The minimum absolute atomic E-state index is 0.0279. The standard InChI is InChI=1S/C24H20ClF6N3O/c1-13-5-6-32-11-18(13)17-10-20(25)33-12-19(17)34(4)21(35)22(2,3)14-7-15(23(26,27)28)9-16(8-14)24(29,30)31/h5-12H,1-4H3. The van der Waals surface area contributed by atoms with Crippen LogP contribution in [0.4, 0.5) is 32.0 Å². The van der Waals surface area contributed by atoms with E-state index in [1.165, 1.54) is 33.2 Å². The number of benzene rings is 1. The van der Waals surface area contributed by atoms with Gasteiger partial charge in [-0.25, -0.2) is 4.98 Å². The van der Waals surface area contributed by atoms with Gasteiger partial charge in [-0.3, -0.25) is 9.78 Å². The highest BCUT2D eigenvalue weighted by Gasteiger charge is 2.41. The molecule has 1 amide bonds. The molecule has 0 unspecified atom stereocenters. The van der Waals surface area contributed by atoms with Crippen molar-refractivity contribution in [3.05, 3.63) is 76.3 Å². The molecule has 0 bridgehead atoms. The van der Waals surface area contributed by atoms with Gasteiger partial charge in [0.15, 0.2) is 0 Å². The summed E-state index contributed by atoms with van der Waals surface area (Å²) in [4.78, 5) is 22.7. The highest BCUT2D eigenvalue weighted by atomic mass is 35.5. The number of amides is 1. The monoisotopic (exact) mass is 515 g/mol. The number of aryl methyl sites for hydroxylation is 1. The predicted octanol–water partition coefficient (Wildman–Crippen LogP) is 7.08. The molecule has 2 aromatic heterocycles. The van der Waals surface area contributed by atoms with Gasteiger partial charge in [0.1, 0.15) is 5.15 Å². The molecule has 0 fully saturated rings. The number of carbonyl (C=O) groups is 1. The fraction of sp³-hybridized carbons (Fsp3) is 0.292. The number of alkyl halides is 6. The van der Waals surface area contributed by atoms with Crippen LogP contribution in [0.25, 0.3) is 11.1 Å². The second-order valence-corrected chi connectivity index (χ2v) is 8.89. The summed E-state index contributed by atoms with van der Waals surface area (Å²) in [6, 6.07) is 4.39. The van der Waals surface area contributed by atoms with Gasteiger partial charge < -0.3 is 4.90 Å². The van der Waals surface area contributed by atoms with Crippen LogP contribution in [0.1, 0.15) is 36.1 Å². The summed E-state index contributed by atoms with van der Waals surface area (Å²) in [7, 11) is 1.36. The third-order valence-electron chi connectivity index (χ3n) is 5.69. The third kappa shape index (κ3) is 5.42. The molecule has 0 saturated heterocycles. The molecule has 11 heteroatoms. The van der Waals surface area contributed by atoms with Crippen LogP contribution in [0.2, 0.25) is 5.15 Å². The van der Waals surface area contributed by atoms with Gasteiger partial charge in [-0.1, -0.05) is 11.6 Å². The lowest BCUT2D eigenvalue weighted by atomic mass is 9.81. The predicted molar refractivity (Wildman–Crippen MR) is 120 cm³/mol. The van der Waals surface area contributed by atoms with E-state index in [4.69, 9.17) is 11.6 Å². The van der Waals surface area contributed by atoms with E-state index in [2.05, 4.69) is 9.97 Å². The summed E-state index contributed by atoms with van der Waals surface area (Å²) in [6.07, 6.45) is -5.63. The van der Waals surface area contributed by atoms with Crippen molar-refractivity contribution in [3.8, 4) is 11.1 Å². The lowest BCUT2D eigenvalue weighted by Gasteiger charge is -2.32. The van der Waals surface area contributed by atoms with Crippen molar-refractivity contribution >= 4 is 23.2 Å². The summed E-state index contributed by atoms with van der Waals surface area (Å²) < 4.78 is 80.3. The Balaban J connectivity index is 2.13. The van der Waals surface area contributed by atoms with E-state index in [1.54, 1.807) is 18.5 Å². The average molecular weight is 516 g/mol. The number of pyridine rings is 2. The van der Waals surface area contributed by atoms with E-state index in [9.17, 15) is 31.1 Å². The van der Waals surface area contributed by atoms with Gasteiger partial charge in [0.2, 0.25) is 5.91 Å².